The van der Waals surface area contributed by atoms with Crippen LogP contribution in [-0.4, -0.2) is 12.5 Å². The molecule has 0 aliphatic heterocycles. The zero-order valence-corrected chi connectivity index (χ0v) is 14.1. The van der Waals surface area contributed by atoms with Crippen LogP contribution in [0.2, 0.25) is 0 Å². The van der Waals surface area contributed by atoms with Gasteiger partial charge in [0.25, 0.3) is 5.91 Å². The number of benzene rings is 2. The highest BCUT2D eigenvalue weighted by Crippen LogP contribution is 2.23. The molecule has 0 spiro atoms. The highest BCUT2D eigenvalue weighted by atomic mass is 16.5. The minimum Gasteiger partial charge on any atom is -0.484 e. The van der Waals surface area contributed by atoms with Gasteiger partial charge < -0.3 is 14.5 Å². The topological polar surface area (TPSA) is 92.3 Å². The summed E-state index contributed by atoms with van der Waals surface area (Å²) >= 11 is 0. The van der Waals surface area contributed by atoms with Crippen LogP contribution in [0.4, 0.5) is 5.69 Å². The Kier molecular flexibility index (Phi) is 4.99. The highest BCUT2D eigenvalue weighted by Gasteiger charge is 2.08. The largest absolute Gasteiger partial charge is 0.484 e. The number of hydrogen-bond donors (Lipinski definition) is 1. The summed E-state index contributed by atoms with van der Waals surface area (Å²) in [5.41, 5.74) is 2.02. The summed E-state index contributed by atoms with van der Waals surface area (Å²) < 4.78 is 10.7. The standard InChI is InChI=1S/C20H16N2O4/c1-2-14-9-20(24)26-18-10-16(7-8-17(14)18)25-12-19(23)22-15-5-3-13(11-21)4-6-15/h3-10H,2,12H2,1H3,(H,22,23). The molecular weight excluding hydrogens is 332 g/mol. The lowest BCUT2D eigenvalue weighted by Crippen LogP contribution is -2.20. The molecule has 6 heteroatoms. The molecule has 0 saturated carbocycles. The normalized spacial score (nSPS) is 10.3. The van der Waals surface area contributed by atoms with Gasteiger partial charge in [0.05, 0.1) is 11.6 Å². The number of hydrogen-bond acceptors (Lipinski definition) is 5. The van der Waals surface area contributed by atoms with Gasteiger partial charge in [0.15, 0.2) is 6.61 Å². The van der Waals surface area contributed by atoms with Crippen LogP contribution in [-0.2, 0) is 11.2 Å². The van der Waals surface area contributed by atoms with Gasteiger partial charge in [-0.1, -0.05) is 6.92 Å². The van der Waals surface area contributed by atoms with E-state index in [4.69, 9.17) is 14.4 Å². The number of fused-ring (bicyclic) bond motifs is 1. The maximum absolute atomic E-state index is 12.0. The van der Waals surface area contributed by atoms with Gasteiger partial charge >= 0.3 is 5.63 Å². The average molecular weight is 348 g/mol. The van der Waals surface area contributed by atoms with Crippen molar-refractivity contribution in [1.82, 2.24) is 0 Å². The summed E-state index contributed by atoms with van der Waals surface area (Å²) in [6.07, 6.45) is 0.718. The first-order valence-corrected chi connectivity index (χ1v) is 8.08. The Balaban J connectivity index is 1.68. The maximum atomic E-state index is 12.0. The van der Waals surface area contributed by atoms with Gasteiger partial charge in [-0.25, -0.2) is 4.79 Å². The van der Waals surface area contributed by atoms with Crippen molar-refractivity contribution in [1.29, 1.82) is 5.26 Å². The summed E-state index contributed by atoms with van der Waals surface area (Å²) in [6, 6.07) is 15.2. The number of carbonyl (C=O) groups excluding carboxylic acids is 1. The van der Waals surface area contributed by atoms with Crippen molar-refractivity contribution >= 4 is 22.6 Å². The van der Waals surface area contributed by atoms with Crippen LogP contribution in [0.3, 0.4) is 0 Å². The van der Waals surface area contributed by atoms with Crippen LogP contribution in [0, 0.1) is 11.3 Å². The lowest BCUT2D eigenvalue weighted by molar-refractivity contribution is -0.118. The van der Waals surface area contributed by atoms with Crippen LogP contribution in [0.1, 0.15) is 18.1 Å². The molecule has 0 radical (unpaired) electrons. The van der Waals surface area contributed by atoms with Crippen LogP contribution >= 0.6 is 0 Å². The number of aryl methyl sites for hydroxylation is 1. The Morgan fingerprint density at radius 2 is 1.96 bits per heavy atom. The molecule has 0 bridgehead atoms. The zero-order valence-electron chi connectivity index (χ0n) is 14.1. The van der Waals surface area contributed by atoms with Gasteiger partial charge in [-0.05, 0) is 48.4 Å². The molecule has 0 atom stereocenters. The Bertz CT molecular complexity index is 1050. The first kappa shape index (κ1) is 17.2. The minimum absolute atomic E-state index is 0.191. The van der Waals surface area contributed by atoms with Crippen LogP contribution < -0.4 is 15.7 Å². The van der Waals surface area contributed by atoms with Crippen molar-refractivity contribution in [2.45, 2.75) is 13.3 Å². The second kappa shape index (κ2) is 7.53. The SMILES string of the molecule is CCc1cc(=O)oc2cc(OCC(=O)Nc3ccc(C#N)cc3)ccc12. The summed E-state index contributed by atoms with van der Waals surface area (Å²) in [5, 5.41) is 12.3. The monoisotopic (exact) mass is 348 g/mol. The Hall–Kier alpha value is -3.59. The molecule has 6 nitrogen and oxygen atoms in total. The summed E-state index contributed by atoms with van der Waals surface area (Å²) in [7, 11) is 0. The lowest BCUT2D eigenvalue weighted by atomic mass is 10.1. The van der Waals surface area contributed by atoms with E-state index in [1.807, 2.05) is 19.1 Å². The predicted molar refractivity (Wildman–Crippen MR) is 97.1 cm³/mol. The third-order valence-electron chi connectivity index (χ3n) is 3.85. The van der Waals surface area contributed by atoms with Gasteiger partial charge in [0.1, 0.15) is 11.3 Å². The quantitative estimate of drug-likeness (QED) is 0.715. The maximum Gasteiger partial charge on any atom is 0.336 e. The number of rotatable bonds is 5. The molecule has 0 saturated heterocycles. The molecule has 1 N–H and O–H groups in total. The van der Waals surface area contributed by atoms with E-state index >= 15 is 0 Å². The molecule has 2 aromatic carbocycles. The van der Waals surface area contributed by atoms with Crippen LogP contribution in [0.5, 0.6) is 5.75 Å². The highest BCUT2D eigenvalue weighted by molar-refractivity contribution is 5.92. The van der Waals surface area contributed by atoms with E-state index in [9.17, 15) is 9.59 Å². The molecule has 0 aliphatic carbocycles. The van der Waals surface area contributed by atoms with E-state index in [1.54, 1.807) is 36.4 Å². The fraction of sp³-hybridized carbons (Fsp3) is 0.150. The molecule has 1 amide bonds. The van der Waals surface area contributed by atoms with Crippen molar-refractivity contribution < 1.29 is 13.9 Å². The molecule has 0 aliphatic rings. The summed E-state index contributed by atoms with van der Waals surface area (Å²) in [4.78, 5) is 23.6. The van der Waals surface area contributed by atoms with Crippen molar-refractivity contribution in [3.63, 3.8) is 0 Å². The van der Waals surface area contributed by atoms with Gasteiger partial charge in [0, 0.05) is 23.2 Å². The number of nitriles is 1. The van der Waals surface area contributed by atoms with Crippen molar-refractivity contribution in [3.05, 3.63) is 70.1 Å². The number of nitrogens with zero attached hydrogens (tertiary/aromatic N) is 1. The van der Waals surface area contributed by atoms with E-state index in [1.165, 1.54) is 6.07 Å². The number of amides is 1. The van der Waals surface area contributed by atoms with Crippen molar-refractivity contribution in [2.75, 3.05) is 11.9 Å². The van der Waals surface area contributed by atoms with E-state index in [0.717, 1.165) is 17.4 Å². The van der Waals surface area contributed by atoms with E-state index in [-0.39, 0.29) is 12.5 Å². The van der Waals surface area contributed by atoms with E-state index in [0.29, 0.717) is 22.6 Å². The molecule has 3 rings (SSSR count). The van der Waals surface area contributed by atoms with Gasteiger partial charge in [0.2, 0.25) is 0 Å². The molecule has 1 heterocycles. The fourth-order valence-corrected chi connectivity index (χ4v) is 2.57. The van der Waals surface area contributed by atoms with Crippen LogP contribution in [0.25, 0.3) is 11.0 Å². The van der Waals surface area contributed by atoms with Crippen molar-refractivity contribution in [2.24, 2.45) is 0 Å². The third-order valence-corrected chi connectivity index (χ3v) is 3.85. The minimum atomic E-state index is -0.412. The Morgan fingerprint density at radius 1 is 1.19 bits per heavy atom. The predicted octanol–water partition coefficient (Wildman–Crippen LogP) is 3.24. The second-order valence-corrected chi connectivity index (χ2v) is 5.63. The molecule has 1 aromatic heterocycles. The Morgan fingerprint density at radius 3 is 2.65 bits per heavy atom. The second-order valence-electron chi connectivity index (χ2n) is 5.63. The molecule has 26 heavy (non-hydrogen) atoms. The average Bonchev–Trinajstić information content (AvgIpc) is 2.66. The third kappa shape index (κ3) is 3.90. The van der Waals surface area contributed by atoms with Gasteiger partial charge in [-0.3, -0.25) is 4.79 Å². The first-order valence-electron chi connectivity index (χ1n) is 8.08. The molecular formula is C20H16N2O4. The number of ether oxygens (including phenoxy) is 1. The Labute approximate surface area is 149 Å². The smallest absolute Gasteiger partial charge is 0.336 e. The molecule has 3 aromatic rings. The molecule has 130 valence electrons. The summed E-state index contributed by atoms with van der Waals surface area (Å²) in [6.45, 7) is 1.77. The van der Waals surface area contributed by atoms with Gasteiger partial charge in [-0.15, -0.1) is 0 Å². The van der Waals surface area contributed by atoms with Crippen molar-refractivity contribution in [3.8, 4) is 11.8 Å². The number of anilines is 1. The molecule has 0 unspecified atom stereocenters. The van der Waals surface area contributed by atoms with E-state index < -0.39 is 5.63 Å². The zero-order chi connectivity index (χ0) is 18.5. The van der Waals surface area contributed by atoms with Crippen LogP contribution in [0.15, 0.2) is 57.7 Å². The first-order chi connectivity index (χ1) is 12.6. The number of nitrogens with one attached hydrogen (secondary N) is 1. The van der Waals surface area contributed by atoms with Gasteiger partial charge in [-0.2, -0.15) is 5.26 Å². The summed E-state index contributed by atoms with van der Waals surface area (Å²) in [5.74, 6) is 0.0995. The van der Waals surface area contributed by atoms with E-state index in [2.05, 4.69) is 5.32 Å². The number of carbonyl (C=O) groups is 1. The fourth-order valence-electron chi connectivity index (χ4n) is 2.57. The molecule has 0 fully saturated rings. The lowest BCUT2D eigenvalue weighted by Gasteiger charge is -2.09.